The summed E-state index contributed by atoms with van der Waals surface area (Å²) < 4.78 is 6.98. The summed E-state index contributed by atoms with van der Waals surface area (Å²) in [6, 6.07) is 4.17. The summed E-state index contributed by atoms with van der Waals surface area (Å²) in [5.74, 6) is 0.971. The van der Waals surface area contributed by atoms with Crippen LogP contribution in [0.1, 0.15) is 25.0 Å². The van der Waals surface area contributed by atoms with Crippen molar-refractivity contribution in [2.75, 3.05) is 0 Å². The van der Waals surface area contributed by atoms with E-state index in [0.29, 0.717) is 0 Å². The number of hydrogen-bond acceptors (Lipinski definition) is 1. The van der Waals surface area contributed by atoms with Crippen molar-refractivity contribution in [3.8, 4) is 5.75 Å². The lowest BCUT2D eigenvalue weighted by Gasteiger charge is -2.28. The van der Waals surface area contributed by atoms with Gasteiger partial charge in [0, 0.05) is 10.0 Å². The highest BCUT2D eigenvalue weighted by atomic mass is 79.9. The molecule has 0 unspecified atom stereocenters. The van der Waals surface area contributed by atoms with E-state index in [-0.39, 0.29) is 5.60 Å². The van der Waals surface area contributed by atoms with E-state index in [1.165, 1.54) is 5.56 Å². The van der Waals surface area contributed by atoms with Gasteiger partial charge >= 0.3 is 0 Å². The molecule has 1 heterocycles. The van der Waals surface area contributed by atoms with E-state index in [9.17, 15) is 0 Å². The molecule has 2 rings (SSSR count). The molecule has 0 radical (unpaired) electrons. The average Bonchev–Trinajstić information content (AvgIpc) is 2.07. The molecule has 1 aliphatic rings. The highest BCUT2D eigenvalue weighted by Crippen LogP contribution is 2.34. The number of rotatable bonds is 0. The van der Waals surface area contributed by atoms with Gasteiger partial charge in [0.15, 0.2) is 0 Å². The van der Waals surface area contributed by atoms with Crippen molar-refractivity contribution in [3.63, 3.8) is 0 Å². The Balaban J connectivity index is 2.52. The number of aryl methyl sites for hydroxylation is 1. The van der Waals surface area contributed by atoms with Gasteiger partial charge in [0.1, 0.15) is 11.4 Å². The summed E-state index contributed by atoms with van der Waals surface area (Å²) in [5, 5.41) is 0. The van der Waals surface area contributed by atoms with E-state index < -0.39 is 0 Å². The molecule has 1 aliphatic heterocycles. The molecule has 0 N–H and O–H groups in total. The van der Waals surface area contributed by atoms with Crippen molar-refractivity contribution >= 4 is 22.0 Å². The largest absolute Gasteiger partial charge is 0.483 e. The molecule has 14 heavy (non-hydrogen) atoms. The van der Waals surface area contributed by atoms with Gasteiger partial charge in [-0.1, -0.05) is 22.0 Å². The predicted molar refractivity (Wildman–Crippen MR) is 62.6 cm³/mol. The minimum absolute atomic E-state index is 0.187. The number of fused-ring (bicyclic) bond motifs is 1. The smallest absolute Gasteiger partial charge is 0.128 e. The van der Waals surface area contributed by atoms with Crippen LogP contribution in [0, 0.1) is 6.92 Å². The quantitative estimate of drug-likeness (QED) is 0.680. The van der Waals surface area contributed by atoms with E-state index in [4.69, 9.17) is 4.74 Å². The molecule has 0 atom stereocenters. The summed E-state index contributed by atoms with van der Waals surface area (Å²) in [6.07, 6.45) is 4.19. The lowest BCUT2D eigenvalue weighted by atomic mass is 10.0. The number of halogens is 1. The highest BCUT2D eigenvalue weighted by Gasteiger charge is 2.21. The SMILES string of the molecule is Cc1cc2c(cc1Br)C=CC(C)(C)O2. The van der Waals surface area contributed by atoms with Crippen LogP contribution in [0.3, 0.4) is 0 Å². The fourth-order valence-corrected chi connectivity index (χ4v) is 1.86. The normalized spacial score (nSPS) is 17.4. The second-order valence-electron chi connectivity index (χ2n) is 4.18. The van der Waals surface area contributed by atoms with Crippen LogP contribution >= 0.6 is 15.9 Å². The molecule has 74 valence electrons. The predicted octanol–water partition coefficient (Wildman–Crippen LogP) is 3.94. The van der Waals surface area contributed by atoms with Gasteiger partial charge in [-0.25, -0.2) is 0 Å². The van der Waals surface area contributed by atoms with Gasteiger partial charge in [-0.05, 0) is 44.5 Å². The lowest BCUT2D eigenvalue weighted by Crippen LogP contribution is -2.27. The van der Waals surface area contributed by atoms with Crippen molar-refractivity contribution in [2.24, 2.45) is 0 Å². The van der Waals surface area contributed by atoms with Gasteiger partial charge in [0.25, 0.3) is 0 Å². The molecule has 1 aromatic carbocycles. The Morgan fingerprint density at radius 3 is 2.71 bits per heavy atom. The molecule has 1 nitrogen and oxygen atoms in total. The molecule has 0 fully saturated rings. The van der Waals surface area contributed by atoms with Crippen LogP contribution in [-0.4, -0.2) is 5.60 Å². The van der Waals surface area contributed by atoms with Crippen molar-refractivity contribution in [3.05, 3.63) is 33.8 Å². The molecule has 0 saturated heterocycles. The Morgan fingerprint density at radius 2 is 2.00 bits per heavy atom. The van der Waals surface area contributed by atoms with E-state index in [2.05, 4.69) is 61.0 Å². The van der Waals surface area contributed by atoms with Crippen LogP contribution < -0.4 is 4.74 Å². The minimum atomic E-state index is -0.187. The van der Waals surface area contributed by atoms with Gasteiger partial charge in [0.05, 0.1) is 0 Å². The molecular formula is C12H13BrO. The first-order chi connectivity index (χ1) is 6.48. The Labute approximate surface area is 92.9 Å². The zero-order valence-electron chi connectivity index (χ0n) is 8.60. The summed E-state index contributed by atoms with van der Waals surface area (Å²) >= 11 is 3.51. The van der Waals surface area contributed by atoms with Gasteiger partial charge in [-0.2, -0.15) is 0 Å². The third-order valence-electron chi connectivity index (χ3n) is 2.33. The van der Waals surface area contributed by atoms with Gasteiger partial charge in [-0.15, -0.1) is 0 Å². The standard InChI is InChI=1S/C12H13BrO/c1-8-6-11-9(7-10(8)13)4-5-12(2,3)14-11/h4-7H,1-3H3. The van der Waals surface area contributed by atoms with Crippen LogP contribution in [-0.2, 0) is 0 Å². The number of benzene rings is 1. The Kier molecular flexibility index (Phi) is 2.18. The first kappa shape index (κ1) is 9.78. The van der Waals surface area contributed by atoms with Crippen LogP contribution in [0.4, 0.5) is 0 Å². The Bertz CT molecular complexity index is 405. The summed E-state index contributed by atoms with van der Waals surface area (Å²) in [7, 11) is 0. The third kappa shape index (κ3) is 1.71. The maximum Gasteiger partial charge on any atom is 0.128 e. The Hall–Kier alpha value is -0.760. The van der Waals surface area contributed by atoms with Gasteiger partial charge < -0.3 is 4.74 Å². The zero-order valence-corrected chi connectivity index (χ0v) is 10.2. The van der Waals surface area contributed by atoms with Gasteiger partial charge in [0.2, 0.25) is 0 Å². The van der Waals surface area contributed by atoms with Gasteiger partial charge in [-0.3, -0.25) is 0 Å². The van der Waals surface area contributed by atoms with E-state index in [1.807, 2.05) is 0 Å². The highest BCUT2D eigenvalue weighted by molar-refractivity contribution is 9.10. The van der Waals surface area contributed by atoms with Crippen molar-refractivity contribution in [1.82, 2.24) is 0 Å². The lowest BCUT2D eigenvalue weighted by molar-refractivity contribution is 0.159. The fraction of sp³-hybridized carbons (Fsp3) is 0.333. The average molecular weight is 253 g/mol. The first-order valence-electron chi connectivity index (χ1n) is 4.66. The molecule has 0 amide bonds. The molecular weight excluding hydrogens is 240 g/mol. The number of ether oxygens (including phenoxy) is 1. The topological polar surface area (TPSA) is 9.23 Å². The molecule has 0 aromatic heterocycles. The van der Waals surface area contributed by atoms with Crippen molar-refractivity contribution in [1.29, 1.82) is 0 Å². The van der Waals surface area contributed by atoms with E-state index in [0.717, 1.165) is 15.8 Å². The minimum Gasteiger partial charge on any atom is -0.483 e. The molecule has 2 heteroatoms. The molecule has 0 saturated carbocycles. The fourth-order valence-electron chi connectivity index (χ4n) is 1.50. The Morgan fingerprint density at radius 1 is 1.29 bits per heavy atom. The van der Waals surface area contributed by atoms with Crippen LogP contribution in [0.25, 0.3) is 6.08 Å². The van der Waals surface area contributed by atoms with Crippen LogP contribution in [0.15, 0.2) is 22.7 Å². The summed E-state index contributed by atoms with van der Waals surface area (Å²) in [5.41, 5.74) is 2.16. The zero-order chi connectivity index (χ0) is 10.3. The monoisotopic (exact) mass is 252 g/mol. The number of hydrogen-bond donors (Lipinski definition) is 0. The van der Waals surface area contributed by atoms with Crippen LogP contribution in [0.5, 0.6) is 5.75 Å². The second kappa shape index (κ2) is 3.13. The van der Waals surface area contributed by atoms with Crippen LogP contribution in [0.2, 0.25) is 0 Å². The molecule has 0 spiro atoms. The van der Waals surface area contributed by atoms with E-state index in [1.54, 1.807) is 0 Å². The van der Waals surface area contributed by atoms with E-state index >= 15 is 0 Å². The maximum atomic E-state index is 5.85. The second-order valence-corrected chi connectivity index (χ2v) is 5.03. The summed E-state index contributed by atoms with van der Waals surface area (Å²) in [6.45, 7) is 6.19. The molecule has 1 aromatic rings. The van der Waals surface area contributed by atoms with Crippen molar-refractivity contribution in [2.45, 2.75) is 26.4 Å². The molecule has 0 bridgehead atoms. The third-order valence-corrected chi connectivity index (χ3v) is 3.18. The maximum absolute atomic E-state index is 5.85. The molecule has 0 aliphatic carbocycles. The summed E-state index contributed by atoms with van der Waals surface area (Å²) in [4.78, 5) is 0. The van der Waals surface area contributed by atoms with Crippen molar-refractivity contribution < 1.29 is 4.74 Å². The first-order valence-corrected chi connectivity index (χ1v) is 5.46.